The van der Waals surface area contributed by atoms with E-state index in [2.05, 4.69) is 0 Å². The van der Waals surface area contributed by atoms with E-state index in [1.54, 1.807) is 24.3 Å². The third-order valence-corrected chi connectivity index (χ3v) is 3.41. The summed E-state index contributed by atoms with van der Waals surface area (Å²) in [6, 6.07) is 10.2. The Bertz CT molecular complexity index is 762. The fourth-order valence-electron chi connectivity index (χ4n) is 2.32. The summed E-state index contributed by atoms with van der Waals surface area (Å²) in [5, 5.41) is 20.8. The van der Waals surface area contributed by atoms with E-state index in [0.29, 0.717) is 5.39 Å². The minimum absolute atomic E-state index is 0.0213. The Kier molecular flexibility index (Phi) is 3.19. The molecule has 0 spiro atoms. The Morgan fingerprint density at radius 2 is 1.90 bits per heavy atom. The van der Waals surface area contributed by atoms with Gasteiger partial charge in [-0.2, -0.15) is 0 Å². The zero-order valence-corrected chi connectivity index (χ0v) is 10.9. The average molecular weight is 284 g/mol. The van der Waals surface area contributed by atoms with E-state index >= 15 is 0 Å². The Morgan fingerprint density at radius 3 is 2.62 bits per heavy atom. The van der Waals surface area contributed by atoms with Gasteiger partial charge in [0.15, 0.2) is 18.0 Å². The fourth-order valence-corrected chi connectivity index (χ4v) is 2.32. The van der Waals surface area contributed by atoms with Crippen molar-refractivity contribution in [2.45, 2.75) is 12.2 Å². The van der Waals surface area contributed by atoms with E-state index in [4.69, 9.17) is 4.74 Å². The van der Waals surface area contributed by atoms with Gasteiger partial charge in [-0.15, -0.1) is 0 Å². The number of ether oxygens (including phenoxy) is 1. The van der Waals surface area contributed by atoms with Crippen molar-refractivity contribution in [3.05, 3.63) is 54.1 Å². The van der Waals surface area contributed by atoms with Crippen LogP contribution in [0.5, 0.6) is 5.75 Å². The smallest absolute Gasteiger partial charge is 0.343 e. The molecule has 2 atom stereocenters. The van der Waals surface area contributed by atoms with Crippen LogP contribution >= 0.6 is 0 Å². The first-order chi connectivity index (χ1) is 10.1. The highest BCUT2D eigenvalue weighted by molar-refractivity contribution is 6.07. The maximum atomic E-state index is 12.2. The van der Waals surface area contributed by atoms with Crippen molar-refractivity contribution in [2.75, 3.05) is 0 Å². The summed E-state index contributed by atoms with van der Waals surface area (Å²) < 4.78 is 5.11. The molecule has 0 saturated heterocycles. The molecular formula is C16H12O5. The number of aromatic hydroxyl groups is 1. The van der Waals surface area contributed by atoms with Gasteiger partial charge < -0.3 is 14.9 Å². The quantitative estimate of drug-likeness (QED) is 0.818. The number of benzene rings is 2. The topological polar surface area (TPSA) is 83.8 Å². The van der Waals surface area contributed by atoms with Crippen molar-refractivity contribution < 1.29 is 24.5 Å². The minimum Gasteiger partial charge on any atom is -0.507 e. The molecule has 0 radical (unpaired) electrons. The minimum atomic E-state index is -1.38. The van der Waals surface area contributed by atoms with E-state index < -0.39 is 24.0 Å². The average Bonchev–Trinajstić information content (AvgIpc) is 2.79. The van der Waals surface area contributed by atoms with Crippen molar-refractivity contribution >= 4 is 22.5 Å². The normalized spacial score (nSPS) is 20.9. The molecule has 1 aliphatic rings. The van der Waals surface area contributed by atoms with Gasteiger partial charge in [0, 0.05) is 0 Å². The van der Waals surface area contributed by atoms with E-state index in [0.717, 1.165) is 5.39 Å². The summed E-state index contributed by atoms with van der Waals surface area (Å²) >= 11 is 0. The second-order valence-electron chi connectivity index (χ2n) is 4.76. The third kappa shape index (κ3) is 2.28. The maximum absolute atomic E-state index is 12.2. The molecule has 5 nitrogen and oxygen atoms in total. The molecular weight excluding hydrogens is 272 g/mol. The number of carbonyl (C=O) groups excluding carboxylic acids is 2. The second kappa shape index (κ2) is 5.03. The first-order valence-corrected chi connectivity index (χ1v) is 6.40. The Labute approximate surface area is 120 Å². The molecule has 0 fully saturated rings. The molecule has 0 heterocycles. The Hall–Kier alpha value is -2.66. The monoisotopic (exact) mass is 284 g/mol. The summed E-state index contributed by atoms with van der Waals surface area (Å²) in [4.78, 5) is 23.5. The van der Waals surface area contributed by atoms with Gasteiger partial charge in [0.25, 0.3) is 0 Å². The number of phenols is 1. The number of rotatable bonds is 2. The third-order valence-electron chi connectivity index (χ3n) is 3.41. The van der Waals surface area contributed by atoms with Crippen molar-refractivity contribution in [2.24, 2.45) is 0 Å². The van der Waals surface area contributed by atoms with E-state index in [-0.39, 0.29) is 11.3 Å². The molecule has 1 aliphatic carbocycles. The predicted molar refractivity (Wildman–Crippen MR) is 75.0 cm³/mol. The van der Waals surface area contributed by atoms with Crippen molar-refractivity contribution in [3.8, 4) is 5.75 Å². The number of aliphatic hydroxyl groups is 1. The van der Waals surface area contributed by atoms with E-state index in [1.807, 2.05) is 6.07 Å². The fraction of sp³-hybridized carbons (Fsp3) is 0.125. The highest BCUT2D eigenvalue weighted by Crippen LogP contribution is 2.28. The van der Waals surface area contributed by atoms with Crippen LogP contribution in [0.3, 0.4) is 0 Å². The number of fused-ring (bicyclic) bond motifs is 1. The van der Waals surface area contributed by atoms with Crippen LogP contribution in [-0.4, -0.2) is 34.2 Å². The van der Waals surface area contributed by atoms with Crippen LogP contribution < -0.4 is 0 Å². The van der Waals surface area contributed by atoms with Crippen LogP contribution in [0.15, 0.2) is 48.6 Å². The predicted octanol–water partition coefficient (Wildman–Crippen LogP) is 1.57. The van der Waals surface area contributed by atoms with Gasteiger partial charge in [-0.3, -0.25) is 4.79 Å². The zero-order chi connectivity index (χ0) is 15.0. The van der Waals surface area contributed by atoms with Gasteiger partial charge in [-0.05, 0) is 29.0 Å². The lowest BCUT2D eigenvalue weighted by Gasteiger charge is -2.15. The number of esters is 1. The molecule has 106 valence electrons. The maximum Gasteiger partial charge on any atom is 0.343 e. The molecule has 0 aliphatic heterocycles. The van der Waals surface area contributed by atoms with Gasteiger partial charge in [0.2, 0.25) is 0 Å². The van der Waals surface area contributed by atoms with Crippen LogP contribution in [0.4, 0.5) is 0 Å². The summed E-state index contributed by atoms with van der Waals surface area (Å²) in [6.45, 7) is 0. The highest BCUT2D eigenvalue weighted by Gasteiger charge is 2.32. The SMILES string of the molecule is O=C(O[C@@H]1C=CC(=O)[C@H]1O)c1c(O)ccc2ccccc12. The number of hydrogen-bond donors (Lipinski definition) is 2. The van der Waals surface area contributed by atoms with Gasteiger partial charge in [0.1, 0.15) is 11.3 Å². The Balaban J connectivity index is 1.97. The number of ketones is 1. The molecule has 5 heteroatoms. The van der Waals surface area contributed by atoms with E-state index in [1.165, 1.54) is 18.2 Å². The van der Waals surface area contributed by atoms with Crippen LogP contribution in [0, 0.1) is 0 Å². The van der Waals surface area contributed by atoms with Gasteiger partial charge in [-0.1, -0.05) is 30.3 Å². The lowest BCUT2D eigenvalue weighted by Crippen LogP contribution is -2.30. The van der Waals surface area contributed by atoms with Crippen molar-refractivity contribution in [1.82, 2.24) is 0 Å². The molecule has 2 aromatic rings. The first kappa shape index (κ1) is 13.3. The number of carbonyl (C=O) groups is 2. The first-order valence-electron chi connectivity index (χ1n) is 6.40. The highest BCUT2D eigenvalue weighted by atomic mass is 16.6. The summed E-state index contributed by atoms with van der Waals surface area (Å²) in [6.07, 6.45) is 0.0907. The summed E-state index contributed by atoms with van der Waals surface area (Å²) in [5.74, 6) is -1.50. The second-order valence-corrected chi connectivity index (χ2v) is 4.76. The molecule has 0 aromatic heterocycles. The van der Waals surface area contributed by atoms with Crippen molar-refractivity contribution in [1.29, 1.82) is 0 Å². The van der Waals surface area contributed by atoms with Crippen LogP contribution in [-0.2, 0) is 9.53 Å². The standard InChI is InChI=1S/C16H12O5/c17-11-6-5-9-3-1-2-4-10(9)14(11)16(20)21-13-8-7-12(18)15(13)19/h1-8,13,15,17,19H/t13-,15-/m1/s1. The summed E-state index contributed by atoms with van der Waals surface area (Å²) in [5.41, 5.74) is 0.0213. The van der Waals surface area contributed by atoms with Crippen LogP contribution in [0.2, 0.25) is 0 Å². The molecule has 0 amide bonds. The number of aliphatic hydroxyl groups excluding tert-OH is 1. The summed E-state index contributed by atoms with van der Waals surface area (Å²) in [7, 11) is 0. The van der Waals surface area contributed by atoms with Crippen LogP contribution in [0.25, 0.3) is 10.8 Å². The van der Waals surface area contributed by atoms with Gasteiger partial charge in [-0.25, -0.2) is 4.79 Å². The van der Waals surface area contributed by atoms with Gasteiger partial charge in [0.05, 0.1) is 0 Å². The lowest BCUT2D eigenvalue weighted by atomic mass is 10.0. The molecule has 2 aromatic carbocycles. The van der Waals surface area contributed by atoms with E-state index in [9.17, 15) is 19.8 Å². The molecule has 0 saturated carbocycles. The van der Waals surface area contributed by atoms with Crippen molar-refractivity contribution in [3.63, 3.8) is 0 Å². The Morgan fingerprint density at radius 1 is 1.14 bits per heavy atom. The molecule has 3 rings (SSSR count). The largest absolute Gasteiger partial charge is 0.507 e. The molecule has 0 unspecified atom stereocenters. The number of phenolic OH excluding ortho intramolecular Hbond substituents is 1. The molecule has 21 heavy (non-hydrogen) atoms. The molecule has 2 N–H and O–H groups in total. The number of hydrogen-bond acceptors (Lipinski definition) is 5. The van der Waals surface area contributed by atoms with Gasteiger partial charge >= 0.3 is 5.97 Å². The zero-order valence-electron chi connectivity index (χ0n) is 10.9. The lowest BCUT2D eigenvalue weighted by molar-refractivity contribution is -0.124. The molecule has 0 bridgehead atoms. The van der Waals surface area contributed by atoms with Crippen LogP contribution in [0.1, 0.15) is 10.4 Å².